The predicted octanol–water partition coefficient (Wildman–Crippen LogP) is 2.76. The Morgan fingerprint density at radius 2 is 1.76 bits per heavy atom. The fourth-order valence-corrected chi connectivity index (χ4v) is 3.44. The van der Waals surface area contributed by atoms with Crippen molar-refractivity contribution in [2.45, 2.75) is 0 Å². The van der Waals surface area contributed by atoms with Crippen molar-refractivity contribution >= 4 is 40.3 Å². The van der Waals surface area contributed by atoms with Crippen LogP contribution in [0, 0.1) is 0 Å². The van der Waals surface area contributed by atoms with E-state index in [1.807, 2.05) is 0 Å². The van der Waals surface area contributed by atoms with Crippen LogP contribution in [0.15, 0.2) is 57.7 Å². The fraction of sp³-hybridized carbons (Fsp3) is 0. The summed E-state index contributed by atoms with van der Waals surface area (Å²) in [6, 6.07) is 13.0. The molecule has 0 atom stereocenters. The number of nitrogens with one attached hydrogen (secondary N) is 1. The summed E-state index contributed by atoms with van der Waals surface area (Å²) in [4.78, 5) is 40.9. The lowest BCUT2D eigenvalue weighted by Crippen LogP contribution is -2.24. The second-order valence-corrected chi connectivity index (χ2v) is 6.89. The predicted molar refractivity (Wildman–Crippen MR) is 106 cm³/mol. The maximum absolute atomic E-state index is 12.6. The molecule has 142 valence electrons. The number of halogens is 1. The number of nitrogens with zero attached hydrogens (tertiary/aromatic N) is 2. The van der Waals surface area contributed by atoms with Gasteiger partial charge < -0.3 is 10.2 Å². The zero-order valence-electron chi connectivity index (χ0n) is 14.6. The topological polar surface area (TPSA) is 120 Å². The highest BCUT2D eigenvalue weighted by molar-refractivity contribution is 6.30. The number of nitrogens with two attached hydrogens (primary N) is 1. The van der Waals surface area contributed by atoms with Gasteiger partial charge in [-0.3, -0.25) is 24.3 Å². The Hall–Kier alpha value is -3.91. The molecule has 3 heterocycles. The Morgan fingerprint density at radius 1 is 1.00 bits per heavy atom. The Bertz CT molecular complexity index is 1400. The molecule has 0 bridgehead atoms. The number of carbonyl (C=O) groups is 2. The molecule has 29 heavy (non-hydrogen) atoms. The number of anilines is 1. The van der Waals surface area contributed by atoms with Gasteiger partial charge in [-0.25, -0.2) is 4.98 Å². The summed E-state index contributed by atoms with van der Waals surface area (Å²) >= 11 is 5.91. The molecule has 3 N–H and O–H groups in total. The number of benzene rings is 2. The first-order chi connectivity index (χ1) is 13.9. The van der Waals surface area contributed by atoms with E-state index in [0.717, 1.165) is 16.2 Å². The van der Waals surface area contributed by atoms with Gasteiger partial charge in [-0.2, -0.15) is 0 Å². The fourth-order valence-electron chi connectivity index (χ4n) is 3.32. The van der Waals surface area contributed by atoms with E-state index in [0.29, 0.717) is 27.7 Å². The van der Waals surface area contributed by atoms with Gasteiger partial charge in [-0.1, -0.05) is 11.6 Å². The van der Waals surface area contributed by atoms with Gasteiger partial charge >= 0.3 is 0 Å². The Kier molecular flexibility index (Phi) is 3.59. The monoisotopic (exact) mass is 406 g/mol. The van der Waals surface area contributed by atoms with E-state index in [1.54, 1.807) is 42.5 Å². The summed E-state index contributed by atoms with van der Waals surface area (Å²) in [7, 11) is 0. The molecule has 2 aromatic heterocycles. The van der Waals surface area contributed by atoms with Crippen LogP contribution in [-0.4, -0.2) is 21.4 Å². The first-order valence-corrected chi connectivity index (χ1v) is 8.88. The summed E-state index contributed by atoms with van der Waals surface area (Å²) in [5, 5.41) is 2.74. The first-order valence-electron chi connectivity index (χ1n) is 8.50. The summed E-state index contributed by atoms with van der Waals surface area (Å²) in [6.07, 6.45) is 0. The molecular weight excluding hydrogens is 396 g/mol. The van der Waals surface area contributed by atoms with E-state index in [-0.39, 0.29) is 16.9 Å². The number of rotatable bonds is 2. The lowest BCUT2D eigenvalue weighted by atomic mass is 10.1. The minimum atomic E-state index is -0.638. The van der Waals surface area contributed by atoms with Gasteiger partial charge in [-0.05, 0) is 42.5 Å². The summed E-state index contributed by atoms with van der Waals surface area (Å²) in [5.41, 5.74) is 7.64. The van der Waals surface area contributed by atoms with Crippen molar-refractivity contribution in [1.29, 1.82) is 0 Å². The van der Waals surface area contributed by atoms with E-state index in [1.165, 1.54) is 0 Å². The number of nitrogen functional groups attached to an aromatic ring is 1. The van der Waals surface area contributed by atoms with Crippen LogP contribution in [-0.2, 0) is 0 Å². The average molecular weight is 407 g/mol. The molecule has 1 aliphatic rings. The highest BCUT2D eigenvalue weighted by Gasteiger charge is 2.31. The molecule has 1 aliphatic heterocycles. The minimum absolute atomic E-state index is 0.0169. The van der Waals surface area contributed by atoms with Crippen LogP contribution in [0.3, 0.4) is 0 Å². The number of hydrogen-bond acceptors (Lipinski definition) is 6. The van der Waals surface area contributed by atoms with Crippen molar-refractivity contribution < 1.29 is 14.0 Å². The van der Waals surface area contributed by atoms with Crippen molar-refractivity contribution in [2.24, 2.45) is 0 Å². The number of amides is 2. The van der Waals surface area contributed by atoms with Crippen molar-refractivity contribution in [3.8, 4) is 17.1 Å². The largest absolute Gasteiger partial charge is 0.436 e. The Labute approximate surface area is 167 Å². The molecule has 0 saturated heterocycles. The first kappa shape index (κ1) is 17.2. The smallest absolute Gasteiger partial charge is 0.262 e. The molecule has 0 saturated carbocycles. The third-order valence-electron chi connectivity index (χ3n) is 4.67. The van der Waals surface area contributed by atoms with Crippen LogP contribution in [0.4, 0.5) is 5.82 Å². The zero-order chi connectivity index (χ0) is 20.3. The maximum atomic E-state index is 12.6. The summed E-state index contributed by atoms with van der Waals surface area (Å²) < 4.78 is 6.93. The zero-order valence-corrected chi connectivity index (χ0v) is 15.4. The molecule has 2 aromatic carbocycles. The van der Waals surface area contributed by atoms with Crippen LogP contribution in [0.1, 0.15) is 20.7 Å². The molecule has 0 aliphatic carbocycles. The number of imide groups is 1. The van der Waals surface area contributed by atoms with Crippen LogP contribution in [0.2, 0.25) is 5.02 Å². The van der Waals surface area contributed by atoms with Gasteiger partial charge in [0.2, 0.25) is 5.89 Å². The molecule has 0 unspecified atom stereocenters. The number of pyridine rings is 1. The molecule has 4 aromatic rings. The van der Waals surface area contributed by atoms with Crippen molar-refractivity contribution in [3.05, 3.63) is 75.0 Å². The van der Waals surface area contributed by atoms with Gasteiger partial charge in [0, 0.05) is 16.7 Å². The van der Waals surface area contributed by atoms with E-state index >= 15 is 0 Å². The van der Waals surface area contributed by atoms with Gasteiger partial charge in [-0.15, -0.1) is 0 Å². The molecule has 2 amide bonds. The van der Waals surface area contributed by atoms with Gasteiger partial charge in [0.05, 0.1) is 16.8 Å². The molecule has 9 heteroatoms. The second-order valence-electron chi connectivity index (χ2n) is 6.45. The number of aromatic nitrogens is 2. The minimum Gasteiger partial charge on any atom is -0.436 e. The average Bonchev–Trinajstić information content (AvgIpc) is 3.23. The standard InChI is InChI=1S/C20H11ClN4O4/c21-10-3-1-9(2-4-10)20-23-13-7-11(5-6-14(13)29-20)25-15(26)8-12-16(17(25)22)19(28)24-18(12)27/h1-8H,22H2,(H,24,27,28). The van der Waals surface area contributed by atoms with E-state index in [4.69, 9.17) is 21.8 Å². The maximum Gasteiger partial charge on any atom is 0.262 e. The van der Waals surface area contributed by atoms with Crippen molar-refractivity contribution in [1.82, 2.24) is 14.9 Å². The number of hydrogen-bond donors (Lipinski definition) is 2. The van der Waals surface area contributed by atoms with E-state index in [9.17, 15) is 14.4 Å². The highest BCUT2D eigenvalue weighted by Crippen LogP contribution is 2.28. The molecular formula is C20H11ClN4O4. The van der Waals surface area contributed by atoms with Crippen molar-refractivity contribution in [2.75, 3.05) is 5.73 Å². The number of oxazole rings is 1. The van der Waals surface area contributed by atoms with Crippen LogP contribution < -0.4 is 16.6 Å². The van der Waals surface area contributed by atoms with Crippen molar-refractivity contribution in [3.63, 3.8) is 0 Å². The van der Waals surface area contributed by atoms with Crippen LogP contribution >= 0.6 is 11.6 Å². The van der Waals surface area contributed by atoms with Crippen LogP contribution in [0.25, 0.3) is 28.2 Å². The lowest BCUT2D eigenvalue weighted by molar-refractivity contribution is 0.0880. The lowest BCUT2D eigenvalue weighted by Gasteiger charge is -2.11. The van der Waals surface area contributed by atoms with Crippen LogP contribution in [0.5, 0.6) is 0 Å². The van der Waals surface area contributed by atoms with Gasteiger partial charge in [0.25, 0.3) is 17.4 Å². The van der Waals surface area contributed by atoms with E-state index < -0.39 is 17.4 Å². The number of fused-ring (bicyclic) bond motifs is 2. The summed E-state index contributed by atoms with van der Waals surface area (Å²) in [6.45, 7) is 0. The third-order valence-corrected chi connectivity index (χ3v) is 4.93. The molecule has 0 radical (unpaired) electrons. The number of carbonyl (C=O) groups excluding carboxylic acids is 2. The Balaban J connectivity index is 1.66. The normalized spacial score (nSPS) is 13.0. The third kappa shape index (κ3) is 2.61. The van der Waals surface area contributed by atoms with Gasteiger partial charge in [0.1, 0.15) is 11.3 Å². The quantitative estimate of drug-likeness (QED) is 0.494. The SMILES string of the molecule is Nc1c2c(cc(=O)n1-c1ccc3oc(-c4ccc(Cl)cc4)nc3c1)C(=O)NC2=O. The Morgan fingerprint density at radius 3 is 2.52 bits per heavy atom. The molecule has 8 nitrogen and oxygen atoms in total. The summed E-state index contributed by atoms with van der Waals surface area (Å²) in [5.74, 6) is -0.992. The highest BCUT2D eigenvalue weighted by atomic mass is 35.5. The molecule has 5 rings (SSSR count). The van der Waals surface area contributed by atoms with E-state index in [2.05, 4.69) is 10.3 Å². The molecule has 0 spiro atoms. The second kappa shape index (κ2) is 6.05. The van der Waals surface area contributed by atoms with Gasteiger partial charge in [0.15, 0.2) is 5.58 Å². The molecule has 0 fully saturated rings.